The summed E-state index contributed by atoms with van der Waals surface area (Å²) in [6.45, 7) is 2.19. The van der Waals surface area contributed by atoms with E-state index in [9.17, 15) is 13.2 Å². The Kier molecular flexibility index (Phi) is 5.02. The number of anilines is 1. The third-order valence-corrected chi connectivity index (χ3v) is 6.93. The van der Waals surface area contributed by atoms with Crippen molar-refractivity contribution in [2.24, 2.45) is 5.73 Å². The number of nitrogens with one attached hydrogen (secondary N) is 1. The predicted octanol–water partition coefficient (Wildman–Crippen LogP) is 3.00. The van der Waals surface area contributed by atoms with E-state index in [1.54, 1.807) is 6.20 Å². The number of hydrogen-bond donors (Lipinski definition) is 2. The molecular formula is C19H20F3N7OS. The van der Waals surface area contributed by atoms with Crippen molar-refractivity contribution in [3.63, 3.8) is 0 Å². The minimum Gasteiger partial charge on any atom is -0.373 e. The van der Waals surface area contributed by atoms with Crippen LogP contribution in [0, 0.1) is 0 Å². The van der Waals surface area contributed by atoms with Gasteiger partial charge in [0.25, 0.3) is 0 Å². The number of fused-ring (bicyclic) bond motifs is 1. The van der Waals surface area contributed by atoms with Crippen molar-refractivity contribution < 1.29 is 17.9 Å². The predicted molar refractivity (Wildman–Crippen MR) is 108 cm³/mol. The molecule has 0 unspecified atom stereocenters. The Balaban J connectivity index is 1.36. The molecule has 12 heteroatoms. The highest BCUT2D eigenvalue weighted by Crippen LogP contribution is 2.39. The van der Waals surface area contributed by atoms with Crippen molar-refractivity contribution in [3.8, 4) is 0 Å². The van der Waals surface area contributed by atoms with Crippen molar-refractivity contribution in [3.05, 3.63) is 30.2 Å². The molecule has 0 saturated carbocycles. The molecule has 5 heterocycles. The van der Waals surface area contributed by atoms with Crippen LogP contribution in [0.15, 0.2) is 34.4 Å². The lowest BCUT2D eigenvalue weighted by Gasteiger charge is -2.41. The lowest BCUT2D eigenvalue weighted by Crippen LogP contribution is -2.53. The number of ether oxygens (including phenoxy) is 1. The summed E-state index contributed by atoms with van der Waals surface area (Å²) >= 11 is 0.860. The third kappa shape index (κ3) is 3.72. The SMILES string of the molecule is N[C@H]1CCOC12CCN(c1cnc3c(Sc4cccnc4C(F)(F)F)n[nH]c3n1)CC2. The van der Waals surface area contributed by atoms with Crippen LogP contribution in [0.1, 0.15) is 25.0 Å². The lowest BCUT2D eigenvalue weighted by atomic mass is 9.85. The first-order chi connectivity index (χ1) is 14.9. The molecule has 3 N–H and O–H groups in total. The van der Waals surface area contributed by atoms with Gasteiger partial charge < -0.3 is 15.4 Å². The van der Waals surface area contributed by atoms with E-state index >= 15 is 0 Å². The van der Waals surface area contributed by atoms with Gasteiger partial charge in [-0.15, -0.1) is 0 Å². The molecule has 0 aromatic carbocycles. The summed E-state index contributed by atoms with van der Waals surface area (Å²) < 4.78 is 45.6. The summed E-state index contributed by atoms with van der Waals surface area (Å²) in [5.74, 6) is 0.687. The number of nitrogens with two attached hydrogens (primary N) is 1. The summed E-state index contributed by atoms with van der Waals surface area (Å²) in [4.78, 5) is 14.6. The summed E-state index contributed by atoms with van der Waals surface area (Å²) in [6.07, 6.45) is 0.717. The van der Waals surface area contributed by atoms with Crippen molar-refractivity contribution >= 4 is 28.7 Å². The minimum atomic E-state index is -4.55. The lowest BCUT2D eigenvalue weighted by molar-refractivity contribution is -0.143. The van der Waals surface area contributed by atoms with Gasteiger partial charge in [0.1, 0.15) is 11.3 Å². The van der Waals surface area contributed by atoms with Crippen LogP contribution in [0.5, 0.6) is 0 Å². The van der Waals surface area contributed by atoms with Crippen LogP contribution in [0.25, 0.3) is 11.2 Å². The van der Waals surface area contributed by atoms with Crippen molar-refractivity contribution in [1.82, 2.24) is 25.1 Å². The van der Waals surface area contributed by atoms with Crippen LogP contribution in [-0.2, 0) is 10.9 Å². The smallest absolute Gasteiger partial charge is 0.373 e. The molecule has 2 saturated heterocycles. The second-order valence-electron chi connectivity index (χ2n) is 7.70. The summed E-state index contributed by atoms with van der Waals surface area (Å²) in [5.41, 5.74) is 5.89. The molecule has 8 nitrogen and oxygen atoms in total. The maximum Gasteiger partial charge on any atom is 0.434 e. The maximum atomic E-state index is 13.2. The normalized spacial score (nSPS) is 21.3. The molecule has 0 amide bonds. The van der Waals surface area contributed by atoms with E-state index in [4.69, 9.17) is 10.5 Å². The van der Waals surface area contributed by atoms with Gasteiger partial charge in [0, 0.05) is 36.8 Å². The molecule has 5 rings (SSSR count). The van der Waals surface area contributed by atoms with Crippen LogP contribution in [0.3, 0.4) is 0 Å². The first-order valence-electron chi connectivity index (χ1n) is 9.91. The molecule has 1 atom stereocenters. The fourth-order valence-electron chi connectivity index (χ4n) is 4.17. The van der Waals surface area contributed by atoms with Crippen molar-refractivity contribution in [2.75, 3.05) is 24.6 Å². The molecule has 164 valence electrons. The zero-order chi connectivity index (χ0) is 21.6. The van der Waals surface area contributed by atoms with E-state index in [0.29, 0.717) is 28.6 Å². The second kappa shape index (κ2) is 7.61. The highest BCUT2D eigenvalue weighted by atomic mass is 32.2. The van der Waals surface area contributed by atoms with Crippen molar-refractivity contribution in [2.45, 2.75) is 47.0 Å². The number of H-pyrrole nitrogens is 1. The number of aromatic nitrogens is 5. The van der Waals surface area contributed by atoms with Crippen molar-refractivity contribution in [1.29, 1.82) is 0 Å². The highest BCUT2D eigenvalue weighted by Gasteiger charge is 2.44. The first kappa shape index (κ1) is 20.5. The number of pyridine rings is 1. The fourth-order valence-corrected chi connectivity index (χ4v) is 5.13. The van der Waals surface area contributed by atoms with Gasteiger partial charge in [-0.1, -0.05) is 11.8 Å². The molecule has 3 aromatic heterocycles. The molecule has 1 spiro atoms. The van der Waals surface area contributed by atoms with E-state index in [0.717, 1.165) is 50.3 Å². The number of hydrogen-bond acceptors (Lipinski definition) is 8. The largest absolute Gasteiger partial charge is 0.434 e. The minimum absolute atomic E-state index is 0.0384. The number of alkyl halides is 3. The molecule has 2 fully saturated rings. The molecule has 0 aliphatic carbocycles. The Labute approximate surface area is 179 Å². The summed E-state index contributed by atoms with van der Waals surface area (Å²) in [6, 6.07) is 2.88. The van der Waals surface area contributed by atoms with E-state index < -0.39 is 11.9 Å². The van der Waals surface area contributed by atoms with E-state index in [1.165, 1.54) is 12.1 Å². The van der Waals surface area contributed by atoms with Crippen LogP contribution < -0.4 is 10.6 Å². The van der Waals surface area contributed by atoms with Crippen LogP contribution in [0.4, 0.5) is 19.0 Å². The van der Waals surface area contributed by atoms with Crippen LogP contribution >= 0.6 is 11.8 Å². The molecule has 3 aromatic rings. The number of nitrogens with zero attached hydrogens (tertiary/aromatic N) is 5. The van der Waals surface area contributed by atoms with Gasteiger partial charge in [-0.2, -0.15) is 18.3 Å². The molecule has 2 aliphatic heterocycles. The van der Waals surface area contributed by atoms with Gasteiger partial charge in [-0.25, -0.2) is 9.97 Å². The van der Waals surface area contributed by atoms with Gasteiger partial charge in [0.15, 0.2) is 16.4 Å². The highest BCUT2D eigenvalue weighted by molar-refractivity contribution is 7.99. The monoisotopic (exact) mass is 451 g/mol. The Bertz CT molecular complexity index is 1100. The third-order valence-electron chi connectivity index (χ3n) is 5.90. The van der Waals surface area contributed by atoms with Gasteiger partial charge in [-0.3, -0.25) is 10.1 Å². The first-order valence-corrected chi connectivity index (χ1v) is 10.7. The topological polar surface area (TPSA) is 106 Å². The molecule has 0 bridgehead atoms. The molecular weight excluding hydrogens is 431 g/mol. The van der Waals surface area contributed by atoms with Gasteiger partial charge in [0.05, 0.1) is 11.8 Å². The van der Waals surface area contributed by atoms with Crippen LogP contribution in [-0.4, -0.2) is 56.5 Å². The van der Waals surface area contributed by atoms with Gasteiger partial charge >= 0.3 is 6.18 Å². The zero-order valence-corrected chi connectivity index (χ0v) is 17.2. The van der Waals surface area contributed by atoms with E-state index in [1.807, 2.05) is 0 Å². The van der Waals surface area contributed by atoms with Crippen LogP contribution in [0.2, 0.25) is 0 Å². The summed E-state index contributed by atoms with van der Waals surface area (Å²) in [5, 5.41) is 7.23. The number of aromatic amines is 1. The number of piperidine rings is 1. The van der Waals surface area contributed by atoms with E-state index in [-0.39, 0.29) is 16.5 Å². The molecule has 0 radical (unpaired) electrons. The fraction of sp³-hybridized carbons (Fsp3) is 0.474. The average molecular weight is 451 g/mol. The van der Waals surface area contributed by atoms with Gasteiger partial charge in [0.2, 0.25) is 0 Å². The Hall–Kier alpha value is -2.44. The van der Waals surface area contributed by atoms with Gasteiger partial charge in [-0.05, 0) is 31.4 Å². The molecule has 2 aliphatic rings. The Morgan fingerprint density at radius 2 is 2.06 bits per heavy atom. The average Bonchev–Trinajstić information content (AvgIpc) is 3.31. The van der Waals surface area contributed by atoms with E-state index in [2.05, 4.69) is 30.0 Å². The maximum absolute atomic E-state index is 13.2. The standard InChI is InChI=1S/C19H20F3N7OS/c20-19(21,22)15-11(2-1-6-24-15)31-17-14-16(27-28-17)26-13(10-25-14)29-7-4-18(5-8-29)12(23)3-9-30-18/h1-2,6,10,12H,3-5,7-9,23H2,(H,26,27,28)/t12-/m0/s1. The second-order valence-corrected chi connectivity index (χ2v) is 8.73. The number of halogens is 3. The number of rotatable bonds is 3. The zero-order valence-electron chi connectivity index (χ0n) is 16.4. The molecule has 31 heavy (non-hydrogen) atoms. The Morgan fingerprint density at radius 3 is 2.77 bits per heavy atom. The summed E-state index contributed by atoms with van der Waals surface area (Å²) in [7, 11) is 0. The quantitative estimate of drug-likeness (QED) is 0.626. The Morgan fingerprint density at radius 1 is 1.26 bits per heavy atom.